The van der Waals surface area contributed by atoms with Gasteiger partial charge in [-0.1, -0.05) is 25.8 Å². The van der Waals surface area contributed by atoms with Crippen molar-refractivity contribution >= 4 is 23.4 Å². The number of nitrogens with one attached hydrogen (secondary N) is 1. The number of anilines is 1. The minimum absolute atomic E-state index is 0.0154. The van der Waals surface area contributed by atoms with Gasteiger partial charge in [-0.05, 0) is 19.4 Å². The standard InChI is InChI=1S/C16H22N4O2/c1-4-5-6-7-8-13-10-20-14(9-17-13)18-12(2)16(20)19-15(21)11-22-3/h7-10H,4-6,11H2,1-3H3,(H,19,21)/b8-7+. The minimum Gasteiger partial charge on any atom is -0.375 e. The van der Waals surface area contributed by atoms with Crippen LogP contribution in [0.1, 0.15) is 37.6 Å². The van der Waals surface area contributed by atoms with Crippen LogP contribution in [-0.2, 0) is 9.53 Å². The third-order valence-electron chi connectivity index (χ3n) is 3.25. The number of hydrogen-bond donors (Lipinski definition) is 1. The van der Waals surface area contributed by atoms with E-state index in [1.54, 1.807) is 6.20 Å². The van der Waals surface area contributed by atoms with Gasteiger partial charge in [0, 0.05) is 13.3 Å². The summed E-state index contributed by atoms with van der Waals surface area (Å²) in [6.07, 6.45) is 11.1. The maximum Gasteiger partial charge on any atom is 0.251 e. The third kappa shape index (κ3) is 3.92. The first-order valence-corrected chi connectivity index (χ1v) is 7.45. The fourth-order valence-corrected chi connectivity index (χ4v) is 2.15. The zero-order chi connectivity index (χ0) is 15.9. The van der Waals surface area contributed by atoms with E-state index in [0.29, 0.717) is 11.5 Å². The molecule has 0 aliphatic rings. The molecule has 2 aromatic heterocycles. The van der Waals surface area contributed by atoms with Crippen molar-refractivity contribution < 1.29 is 9.53 Å². The summed E-state index contributed by atoms with van der Waals surface area (Å²) in [5.74, 6) is 0.451. The van der Waals surface area contributed by atoms with Crippen LogP contribution >= 0.6 is 0 Å². The molecule has 118 valence electrons. The molecule has 1 amide bonds. The number of rotatable bonds is 7. The molecule has 2 aromatic rings. The molecular weight excluding hydrogens is 280 g/mol. The van der Waals surface area contributed by atoms with Crippen LogP contribution in [0.4, 0.5) is 5.82 Å². The molecule has 22 heavy (non-hydrogen) atoms. The zero-order valence-electron chi connectivity index (χ0n) is 13.3. The van der Waals surface area contributed by atoms with Gasteiger partial charge in [0.2, 0.25) is 0 Å². The molecule has 0 fully saturated rings. The highest BCUT2D eigenvalue weighted by atomic mass is 16.5. The van der Waals surface area contributed by atoms with Crippen LogP contribution in [0.5, 0.6) is 0 Å². The number of ether oxygens (including phenoxy) is 1. The smallest absolute Gasteiger partial charge is 0.251 e. The van der Waals surface area contributed by atoms with E-state index in [0.717, 1.165) is 17.8 Å². The number of amides is 1. The van der Waals surface area contributed by atoms with Crippen molar-refractivity contribution in [3.05, 3.63) is 29.9 Å². The molecule has 0 radical (unpaired) electrons. The summed E-state index contributed by atoms with van der Waals surface area (Å²) in [4.78, 5) is 20.5. The largest absolute Gasteiger partial charge is 0.375 e. The Bertz CT molecular complexity index is 676. The van der Waals surface area contributed by atoms with Gasteiger partial charge in [-0.3, -0.25) is 14.2 Å². The van der Waals surface area contributed by atoms with Crippen molar-refractivity contribution in [3.63, 3.8) is 0 Å². The lowest BCUT2D eigenvalue weighted by molar-refractivity contribution is -0.119. The van der Waals surface area contributed by atoms with Crippen LogP contribution in [0.3, 0.4) is 0 Å². The number of aryl methyl sites for hydroxylation is 1. The summed E-state index contributed by atoms with van der Waals surface area (Å²) in [5, 5.41) is 2.82. The van der Waals surface area contributed by atoms with E-state index in [-0.39, 0.29) is 12.5 Å². The number of nitrogens with zero attached hydrogens (tertiary/aromatic N) is 3. The van der Waals surface area contributed by atoms with E-state index < -0.39 is 0 Å². The predicted molar refractivity (Wildman–Crippen MR) is 86.8 cm³/mol. The average molecular weight is 302 g/mol. The molecule has 2 rings (SSSR count). The molecule has 6 heteroatoms. The Balaban J connectivity index is 2.26. The lowest BCUT2D eigenvalue weighted by Crippen LogP contribution is -2.18. The predicted octanol–water partition coefficient (Wildman–Crippen LogP) is 2.83. The number of fused-ring (bicyclic) bond motifs is 1. The molecule has 0 aromatic carbocycles. The van der Waals surface area contributed by atoms with Crippen molar-refractivity contribution in [2.24, 2.45) is 0 Å². The summed E-state index contributed by atoms with van der Waals surface area (Å²) in [5.41, 5.74) is 2.29. The fraction of sp³-hybridized carbons (Fsp3) is 0.438. The Morgan fingerprint density at radius 2 is 2.32 bits per heavy atom. The Morgan fingerprint density at radius 3 is 3.05 bits per heavy atom. The number of carbonyl (C=O) groups excluding carboxylic acids is 1. The van der Waals surface area contributed by atoms with E-state index in [4.69, 9.17) is 4.74 Å². The molecular formula is C16H22N4O2. The minimum atomic E-state index is -0.204. The molecule has 0 spiro atoms. The highest BCUT2D eigenvalue weighted by Crippen LogP contribution is 2.17. The number of unbranched alkanes of at least 4 members (excludes halogenated alkanes) is 2. The van der Waals surface area contributed by atoms with Gasteiger partial charge in [-0.15, -0.1) is 0 Å². The quantitative estimate of drug-likeness (QED) is 0.799. The fourth-order valence-electron chi connectivity index (χ4n) is 2.15. The van der Waals surface area contributed by atoms with E-state index in [1.165, 1.54) is 20.0 Å². The van der Waals surface area contributed by atoms with Gasteiger partial charge in [-0.2, -0.15) is 0 Å². The van der Waals surface area contributed by atoms with Crippen LogP contribution in [0.2, 0.25) is 0 Å². The molecule has 0 saturated heterocycles. The molecule has 0 aliphatic heterocycles. The average Bonchev–Trinajstić information content (AvgIpc) is 2.80. The Kier molecular flexibility index (Phi) is 5.66. The number of imidazole rings is 1. The number of hydrogen-bond acceptors (Lipinski definition) is 4. The number of carbonyl (C=O) groups is 1. The van der Waals surface area contributed by atoms with Gasteiger partial charge < -0.3 is 10.1 Å². The van der Waals surface area contributed by atoms with Crippen molar-refractivity contribution in [2.45, 2.75) is 33.1 Å². The maximum absolute atomic E-state index is 11.7. The van der Waals surface area contributed by atoms with Crippen molar-refractivity contribution in [2.75, 3.05) is 19.0 Å². The van der Waals surface area contributed by atoms with Crippen molar-refractivity contribution in [1.29, 1.82) is 0 Å². The Hall–Kier alpha value is -2.21. The third-order valence-corrected chi connectivity index (χ3v) is 3.25. The monoisotopic (exact) mass is 302 g/mol. The van der Waals surface area contributed by atoms with Gasteiger partial charge in [0.1, 0.15) is 12.4 Å². The summed E-state index contributed by atoms with van der Waals surface area (Å²) in [6, 6.07) is 0. The molecule has 0 saturated carbocycles. The first-order chi connectivity index (χ1) is 10.7. The number of methoxy groups -OCH3 is 1. The summed E-state index contributed by atoms with van der Waals surface area (Å²) >= 11 is 0. The summed E-state index contributed by atoms with van der Waals surface area (Å²) in [6.45, 7) is 4.04. The SMILES string of the molecule is CCCC/C=C/c1cn2c(NC(=O)COC)c(C)nc2cn1. The van der Waals surface area contributed by atoms with E-state index in [2.05, 4.69) is 28.3 Å². The molecule has 0 unspecified atom stereocenters. The van der Waals surface area contributed by atoms with E-state index in [1.807, 2.05) is 23.6 Å². The topological polar surface area (TPSA) is 68.5 Å². The van der Waals surface area contributed by atoms with Gasteiger partial charge in [0.15, 0.2) is 5.65 Å². The normalized spacial score (nSPS) is 11.4. The van der Waals surface area contributed by atoms with Crippen LogP contribution in [0, 0.1) is 6.92 Å². The second-order valence-corrected chi connectivity index (χ2v) is 5.11. The highest BCUT2D eigenvalue weighted by molar-refractivity contribution is 5.91. The van der Waals surface area contributed by atoms with Gasteiger partial charge in [-0.25, -0.2) is 4.98 Å². The van der Waals surface area contributed by atoms with Gasteiger partial charge in [0.05, 0.1) is 17.6 Å². The molecule has 0 aliphatic carbocycles. The van der Waals surface area contributed by atoms with Gasteiger partial charge in [0.25, 0.3) is 5.91 Å². The van der Waals surface area contributed by atoms with Gasteiger partial charge >= 0.3 is 0 Å². The van der Waals surface area contributed by atoms with Crippen molar-refractivity contribution in [1.82, 2.24) is 14.4 Å². The Labute approximate surface area is 130 Å². The van der Waals surface area contributed by atoms with Crippen LogP contribution in [0.25, 0.3) is 11.7 Å². The second-order valence-electron chi connectivity index (χ2n) is 5.11. The van der Waals surface area contributed by atoms with E-state index in [9.17, 15) is 4.79 Å². The van der Waals surface area contributed by atoms with Crippen LogP contribution in [0.15, 0.2) is 18.5 Å². The number of aromatic nitrogens is 3. The lowest BCUT2D eigenvalue weighted by atomic mass is 10.2. The molecule has 0 bridgehead atoms. The molecule has 1 N–H and O–H groups in total. The zero-order valence-corrected chi connectivity index (χ0v) is 13.3. The number of allylic oxidation sites excluding steroid dienone is 1. The van der Waals surface area contributed by atoms with Crippen LogP contribution in [-0.4, -0.2) is 34.0 Å². The second kappa shape index (κ2) is 7.70. The molecule has 6 nitrogen and oxygen atoms in total. The summed E-state index contributed by atoms with van der Waals surface area (Å²) < 4.78 is 6.68. The molecule has 0 atom stereocenters. The Morgan fingerprint density at radius 1 is 1.50 bits per heavy atom. The van der Waals surface area contributed by atoms with Crippen LogP contribution < -0.4 is 5.32 Å². The lowest BCUT2D eigenvalue weighted by Gasteiger charge is -2.05. The summed E-state index contributed by atoms with van der Waals surface area (Å²) in [7, 11) is 1.49. The van der Waals surface area contributed by atoms with E-state index >= 15 is 0 Å². The first kappa shape index (κ1) is 16.2. The molecule has 2 heterocycles. The maximum atomic E-state index is 11.7. The highest BCUT2D eigenvalue weighted by Gasteiger charge is 2.12. The first-order valence-electron chi connectivity index (χ1n) is 7.45. The van der Waals surface area contributed by atoms with Crippen molar-refractivity contribution in [3.8, 4) is 0 Å².